The summed E-state index contributed by atoms with van der Waals surface area (Å²) in [6.07, 6.45) is 9.19. The molecular weight excluding hydrogens is 416 g/mol. The number of hydrogen-bond acceptors (Lipinski definition) is 4. The third-order valence-electron chi connectivity index (χ3n) is 8.62. The van der Waals surface area contributed by atoms with Crippen molar-refractivity contribution in [3.05, 3.63) is 0 Å². The number of amides is 2. The molecule has 0 saturated heterocycles. The first-order valence-electron chi connectivity index (χ1n) is 13.2. The van der Waals surface area contributed by atoms with Crippen molar-refractivity contribution in [2.24, 2.45) is 16.2 Å². The van der Waals surface area contributed by atoms with Crippen molar-refractivity contribution in [2.45, 2.75) is 142 Å². The Labute approximate surface area is 200 Å². The van der Waals surface area contributed by atoms with Crippen molar-refractivity contribution >= 4 is 11.8 Å². The second kappa shape index (κ2) is 9.14. The van der Waals surface area contributed by atoms with Crippen LogP contribution in [-0.4, -0.2) is 45.3 Å². The molecule has 3 aliphatic carbocycles. The van der Waals surface area contributed by atoms with Crippen LogP contribution in [-0.2, 0) is 9.59 Å². The first kappa shape index (κ1) is 26.5. The molecule has 0 aromatic carbocycles. The van der Waals surface area contributed by atoms with E-state index in [1.807, 2.05) is 41.5 Å². The molecule has 2 amide bonds. The number of hydrogen-bond donors (Lipinski definition) is 4. The molecule has 190 valence electrons. The van der Waals surface area contributed by atoms with Crippen LogP contribution in [0.25, 0.3) is 0 Å². The molecule has 0 aliphatic heterocycles. The average molecular weight is 465 g/mol. The fourth-order valence-electron chi connectivity index (χ4n) is 6.94. The molecule has 0 bridgehead atoms. The van der Waals surface area contributed by atoms with Crippen molar-refractivity contribution in [3.63, 3.8) is 0 Å². The predicted octanol–water partition coefficient (Wildman–Crippen LogP) is 4.22. The fourth-order valence-corrected chi connectivity index (χ4v) is 6.94. The minimum atomic E-state index is -1.14. The van der Waals surface area contributed by atoms with Crippen LogP contribution in [0, 0.1) is 16.2 Å². The first-order chi connectivity index (χ1) is 15.1. The molecule has 0 heterocycles. The molecule has 4 N–H and O–H groups in total. The molecule has 0 aromatic rings. The van der Waals surface area contributed by atoms with E-state index in [0.717, 1.165) is 38.5 Å². The van der Waals surface area contributed by atoms with Crippen molar-refractivity contribution in [2.75, 3.05) is 0 Å². The lowest BCUT2D eigenvalue weighted by atomic mass is 9.73. The highest BCUT2D eigenvalue weighted by Gasteiger charge is 2.54. The standard InChI is InChI=1S/C27H48N2O4/c1-23(2,3)19(26(32)15-9-10-16-26)28-21(30)25(13-7-8-14-25)22(31)29-20(24(4,5)6)27(33)17-11-12-18-27/h19-20,32-33H,7-18H2,1-6H3,(H,28,30)(H,29,31)/t19-,20-/m1/s1. The van der Waals surface area contributed by atoms with Crippen LogP contribution in [0.15, 0.2) is 0 Å². The minimum absolute atomic E-state index is 0.260. The summed E-state index contributed by atoms with van der Waals surface area (Å²) in [6.45, 7) is 12.3. The molecule has 6 nitrogen and oxygen atoms in total. The van der Waals surface area contributed by atoms with Crippen LogP contribution < -0.4 is 10.6 Å². The van der Waals surface area contributed by atoms with E-state index >= 15 is 0 Å². The Morgan fingerprint density at radius 2 is 0.879 bits per heavy atom. The minimum Gasteiger partial charge on any atom is -0.388 e. The van der Waals surface area contributed by atoms with Gasteiger partial charge >= 0.3 is 0 Å². The molecule has 3 saturated carbocycles. The molecule has 3 aliphatic rings. The summed E-state index contributed by atoms with van der Waals surface area (Å²) in [6, 6.07) is -0.828. The molecular formula is C27H48N2O4. The van der Waals surface area contributed by atoms with Gasteiger partial charge in [-0.05, 0) is 49.4 Å². The van der Waals surface area contributed by atoms with Crippen LogP contribution in [0.3, 0.4) is 0 Å². The molecule has 2 atom stereocenters. The number of aliphatic hydroxyl groups is 2. The second-order valence-electron chi connectivity index (χ2n) is 13.5. The number of carbonyl (C=O) groups is 2. The number of rotatable bonds is 6. The third-order valence-corrected chi connectivity index (χ3v) is 8.62. The highest BCUT2D eigenvalue weighted by Crippen LogP contribution is 2.44. The smallest absolute Gasteiger partial charge is 0.236 e. The van der Waals surface area contributed by atoms with Gasteiger partial charge in [0.15, 0.2) is 0 Å². The van der Waals surface area contributed by atoms with E-state index < -0.39 is 28.7 Å². The molecule has 3 fully saturated rings. The second-order valence-corrected chi connectivity index (χ2v) is 13.5. The van der Waals surface area contributed by atoms with Gasteiger partial charge in [-0.3, -0.25) is 9.59 Å². The van der Waals surface area contributed by atoms with Gasteiger partial charge in [-0.15, -0.1) is 0 Å². The monoisotopic (exact) mass is 464 g/mol. The van der Waals surface area contributed by atoms with Crippen LogP contribution in [0.5, 0.6) is 0 Å². The lowest BCUT2D eigenvalue weighted by Gasteiger charge is -2.45. The molecule has 0 unspecified atom stereocenters. The first-order valence-corrected chi connectivity index (χ1v) is 13.2. The van der Waals surface area contributed by atoms with Gasteiger partial charge in [-0.1, -0.05) is 80.1 Å². The van der Waals surface area contributed by atoms with E-state index in [2.05, 4.69) is 10.6 Å². The van der Waals surface area contributed by atoms with Crippen molar-refractivity contribution < 1.29 is 19.8 Å². The Morgan fingerprint density at radius 3 is 1.15 bits per heavy atom. The van der Waals surface area contributed by atoms with Gasteiger partial charge in [-0.25, -0.2) is 0 Å². The molecule has 0 spiro atoms. The van der Waals surface area contributed by atoms with Gasteiger partial charge in [0, 0.05) is 0 Å². The van der Waals surface area contributed by atoms with Gasteiger partial charge in [0.05, 0.1) is 23.3 Å². The lowest BCUT2D eigenvalue weighted by Crippen LogP contribution is -2.64. The van der Waals surface area contributed by atoms with Gasteiger partial charge in [0.2, 0.25) is 11.8 Å². The van der Waals surface area contributed by atoms with Gasteiger partial charge < -0.3 is 20.8 Å². The van der Waals surface area contributed by atoms with Crippen molar-refractivity contribution in [1.82, 2.24) is 10.6 Å². The van der Waals surface area contributed by atoms with E-state index in [1.165, 1.54) is 0 Å². The third kappa shape index (κ3) is 5.27. The number of carbonyl (C=O) groups excluding carboxylic acids is 2. The van der Waals surface area contributed by atoms with E-state index in [0.29, 0.717) is 38.5 Å². The Bertz CT molecular complexity index is 659. The zero-order valence-corrected chi connectivity index (χ0v) is 21.9. The summed E-state index contributed by atoms with van der Waals surface area (Å²) < 4.78 is 0. The normalized spacial score (nSPS) is 26.1. The zero-order valence-electron chi connectivity index (χ0n) is 21.9. The van der Waals surface area contributed by atoms with Crippen LogP contribution in [0.1, 0.15) is 119 Å². The quantitative estimate of drug-likeness (QED) is 0.442. The van der Waals surface area contributed by atoms with Gasteiger partial charge in [0.25, 0.3) is 0 Å². The summed E-state index contributed by atoms with van der Waals surface area (Å²) in [5.41, 5.74) is -3.68. The summed E-state index contributed by atoms with van der Waals surface area (Å²) in [4.78, 5) is 27.7. The maximum atomic E-state index is 13.9. The van der Waals surface area contributed by atoms with E-state index in [9.17, 15) is 19.8 Å². The topological polar surface area (TPSA) is 98.7 Å². The van der Waals surface area contributed by atoms with Crippen molar-refractivity contribution in [1.29, 1.82) is 0 Å². The highest BCUT2D eigenvalue weighted by atomic mass is 16.3. The zero-order chi connectivity index (χ0) is 24.7. The highest BCUT2D eigenvalue weighted by molar-refractivity contribution is 6.05. The van der Waals surface area contributed by atoms with E-state index in [-0.39, 0.29) is 22.6 Å². The molecule has 0 aromatic heterocycles. The Kier molecular flexibility index (Phi) is 7.33. The van der Waals surface area contributed by atoms with Crippen molar-refractivity contribution in [3.8, 4) is 0 Å². The Hall–Kier alpha value is -1.14. The fraction of sp³-hybridized carbons (Fsp3) is 0.926. The maximum Gasteiger partial charge on any atom is 0.236 e. The largest absolute Gasteiger partial charge is 0.388 e. The summed E-state index contributed by atoms with van der Waals surface area (Å²) in [5.74, 6) is -0.521. The average Bonchev–Trinajstić information content (AvgIpc) is 3.44. The molecule has 0 radical (unpaired) electrons. The van der Waals surface area contributed by atoms with E-state index in [4.69, 9.17) is 0 Å². The van der Waals surface area contributed by atoms with Gasteiger partial charge in [0.1, 0.15) is 5.41 Å². The summed E-state index contributed by atoms with van der Waals surface area (Å²) in [7, 11) is 0. The maximum absolute atomic E-state index is 13.9. The Morgan fingerprint density at radius 1 is 0.606 bits per heavy atom. The van der Waals surface area contributed by atoms with Crippen LogP contribution in [0.2, 0.25) is 0 Å². The van der Waals surface area contributed by atoms with Crippen LogP contribution >= 0.6 is 0 Å². The molecule has 33 heavy (non-hydrogen) atoms. The molecule has 3 rings (SSSR count). The van der Waals surface area contributed by atoms with E-state index in [1.54, 1.807) is 0 Å². The molecule has 6 heteroatoms. The summed E-state index contributed by atoms with van der Waals surface area (Å²) in [5, 5.41) is 29.1. The number of nitrogens with one attached hydrogen (secondary N) is 2. The van der Waals surface area contributed by atoms with Crippen LogP contribution in [0.4, 0.5) is 0 Å². The lowest BCUT2D eigenvalue weighted by molar-refractivity contribution is -0.149. The predicted molar refractivity (Wildman–Crippen MR) is 131 cm³/mol. The Balaban J connectivity index is 1.86. The summed E-state index contributed by atoms with van der Waals surface area (Å²) >= 11 is 0. The van der Waals surface area contributed by atoms with Gasteiger partial charge in [-0.2, -0.15) is 0 Å². The SMILES string of the molecule is CC(C)(C)[C@@H](NC(=O)C1(C(=O)N[C@H](C(C)(C)C)C2(O)CCCC2)CCCC1)C1(O)CCCC1.